The Morgan fingerprint density at radius 1 is 1.28 bits per heavy atom. The molecule has 18 heavy (non-hydrogen) atoms. The zero-order valence-electron chi connectivity index (χ0n) is 10.7. The van der Waals surface area contributed by atoms with Gasteiger partial charge in [-0.1, -0.05) is 0 Å². The lowest BCUT2D eigenvalue weighted by molar-refractivity contribution is 0.171. The summed E-state index contributed by atoms with van der Waals surface area (Å²) < 4.78 is 11.2. The molecule has 0 spiro atoms. The Balaban J connectivity index is 1.90. The van der Waals surface area contributed by atoms with Crippen LogP contribution >= 0.6 is 0 Å². The van der Waals surface area contributed by atoms with Crippen molar-refractivity contribution in [1.82, 2.24) is 5.32 Å². The maximum Gasteiger partial charge on any atom is 0.161 e. The van der Waals surface area contributed by atoms with Crippen LogP contribution in [0.25, 0.3) is 0 Å². The molecule has 3 N–H and O–H groups in total. The van der Waals surface area contributed by atoms with Crippen LogP contribution in [0.1, 0.15) is 30.0 Å². The second-order valence-corrected chi connectivity index (χ2v) is 5.08. The van der Waals surface area contributed by atoms with E-state index in [-0.39, 0.29) is 6.04 Å². The predicted molar refractivity (Wildman–Crippen MR) is 70.1 cm³/mol. The van der Waals surface area contributed by atoms with Crippen molar-refractivity contribution in [2.75, 3.05) is 19.8 Å². The summed E-state index contributed by atoms with van der Waals surface area (Å²) in [6, 6.07) is 4.50. The van der Waals surface area contributed by atoms with Gasteiger partial charge in [-0.3, -0.25) is 0 Å². The van der Waals surface area contributed by atoms with E-state index in [2.05, 4.69) is 18.3 Å². The number of nitrogens with two attached hydrogens (primary N) is 1. The molecule has 2 heterocycles. The van der Waals surface area contributed by atoms with Crippen LogP contribution < -0.4 is 20.5 Å². The first-order chi connectivity index (χ1) is 8.75. The Hall–Kier alpha value is -1.26. The minimum Gasteiger partial charge on any atom is -0.486 e. The molecule has 2 aliphatic rings. The van der Waals surface area contributed by atoms with Gasteiger partial charge in [0.15, 0.2) is 11.5 Å². The molecule has 4 nitrogen and oxygen atoms in total. The van der Waals surface area contributed by atoms with Gasteiger partial charge in [-0.25, -0.2) is 0 Å². The van der Waals surface area contributed by atoms with Gasteiger partial charge in [0, 0.05) is 12.1 Å². The molecule has 1 saturated heterocycles. The van der Waals surface area contributed by atoms with E-state index in [0.717, 1.165) is 24.5 Å². The van der Waals surface area contributed by atoms with E-state index >= 15 is 0 Å². The van der Waals surface area contributed by atoms with Gasteiger partial charge in [-0.15, -0.1) is 0 Å². The van der Waals surface area contributed by atoms with Crippen LogP contribution in [0, 0.1) is 6.92 Å². The fraction of sp³-hybridized carbons (Fsp3) is 0.571. The van der Waals surface area contributed by atoms with Gasteiger partial charge in [0.2, 0.25) is 0 Å². The molecule has 0 saturated carbocycles. The van der Waals surface area contributed by atoms with E-state index in [1.807, 2.05) is 6.07 Å². The minimum atomic E-state index is 0.0309. The number of aryl methyl sites for hydroxylation is 1. The maximum absolute atomic E-state index is 6.38. The lowest BCUT2D eigenvalue weighted by atomic mass is 9.94. The van der Waals surface area contributed by atoms with Gasteiger partial charge in [0.05, 0.1) is 0 Å². The number of hydrogen-bond donors (Lipinski definition) is 2. The van der Waals surface area contributed by atoms with E-state index in [1.165, 1.54) is 17.5 Å². The molecular formula is C14H20N2O2. The van der Waals surface area contributed by atoms with Gasteiger partial charge >= 0.3 is 0 Å². The molecule has 1 fully saturated rings. The highest BCUT2D eigenvalue weighted by molar-refractivity contribution is 5.49. The van der Waals surface area contributed by atoms with Crippen molar-refractivity contribution in [1.29, 1.82) is 0 Å². The normalized spacial score (nSPS) is 24.0. The fourth-order valence-corrected chi connectivity index (χ4v) is 2.80. The van der Waals surface area contributed by atoms with Crippen molar-refractivity contribution in [3.05, 3.63) is 23.3 Å². The van der Waals surface area contributed by atoms with Gasteiger partial charge in [0.1, 0.15) is 13.2 Å². The third-order valence-electron chi connectivity index (χ3n) is 3.82. The first-order valence-corrected chi connectivity index (χ1v) is 6.65. The molecule has 0 amide bonds. The summed E-state index contributed by atoms with van der Waals surface area (Å²) in [5.41, 5.74) is 8.72. The lowest BCUT2D eigenvalue weighted by Crippen LogP contribution is -2.34. The largest absolute Gasteiger partial charge is 0.486 e. The molecule has 0 radical (unpaired) electrons. The third-order valence-corrected chi connectivity index (χ3v) is 3.82. The molecule has 98 valence electrons. The molecule has 1 aromatic rings. The zero-order chi connectivity index (χ0) is 12.5. The van der Waals surface area contributed by atoms with Crippen LogP contribution in [0.3, 0.4) is 0 Å². The Kier molecular flexibility index (Phi) is 3.14. The number of fused-ring (bicyclic) bond motifs is 1. The molecule has 1 aromatic carbocycles. The van der Waals surface area contributed by atoms with E-state index in [1.54, 1.807) is 0 Å². The fourth-order valence-electron chi connectivity index (χ4n) is 2.80. The van der Waals surface area contributed by atoms with Crippen molar-refractivity contribution >= 4 is 0 Å². The van der Waals surface area contributed by atoms with Crippen molar-refractivity contribution in [2.24, 2.45) is 5.73 Å². The summed E-state index contributed by atoms with van der Waals surface area (Å²) in [7, 11) is 0. The number of nitrogens with one attached hydrogen (secondary N) is 1. The summed E-state index contributed by atoms with van der Waals surface area (Å²) in [4.78, 5) is 0. The van der Waals surface area contributed by atoms with Crippen molar-refractivity contribution in [3.8, 4) is 11.5 Å². The first kappa shape index (κ1) is 11.8. The van der Waals surface area contributed by atoms with Crippen LogP contribution in [0.4, 0.5) is 0 Å². The second-order valence-electron chi connectivity index (χ2n) is 5.08. The summed E-state index contributed by atoms with van der Waals surface area (Å²) in [5.74, 6) is 1.67. The highest BCUT2D eigenvalue weighted by Crippen LogP contribution is 2.36. The average molecular weight is 248 g/mol. The van der Waals surface area contributed by atoms with Gasteiger partial charge in [0.25, 0.3) is 0 Å². The quantitative estimate of drug-likeness (QED) is 0.833. The van der Waals surface area contributed by atoms with Crippen molar-refractivity contribution in [2.45, 2.75) is 31.8 Å². The topological polar surface area (TPSA) is 56.5 Å². The average Bonchev–Trinajstić information content (AvgIpc) is 2.91. The second kappa shape index (κ2) is 4.78. The summed E-state index contributed by atoms with van der Waals surface area (Å²) in [6.07, 6.45) is 2.36. The number of ether oxygens (including phenoxy) is 2. The van der Waals surface area contributed by atoms with Gasteiger partial charge < -0.3 is 20.5 Å². The van der Waals surface area contributed by atoms with Crippen LogP contribution in [0.15, 0.2) is 12.1 Å². The molecule has 0 aromatic heterocycles. The molecule has 2 aliphatic heterocycles. The summed E-state index contributed by atoms with van der Waals surface area (Å²) in [5, 5.41) is 3.47. The highest BCUT2D eigenvalue weighted by Gasteiger charge is 2.25. The van der Waals surface area contributed by atoms with Crippen molar-refractivity contribution in [3.63, 3.8) is 0 Å². The van der Waals surface area contributed by atoms with Crippen molar-refractivity contribution < 1.29 is 9.47 Å². The minimum absolute atomic E-state index is 0.0309. The third kappa shape index (κ3) is 2.06. The summed E-state index contributed by atoms with van der Waals surface area (Å²) >= 11 is 0. The first-order valence-electron chi connectivity index (χ1n) is 6.65. The van der Waals surface area contributed by atoms with E-state index in [0.29, 0.717) is 19.3 Å². The zero-order valence-corrected chi connectivity index (χ0v) is 10.7. The Bertz CT molecular complexity index is 442. The smallest absolute Gasteiger partial charge is 0.161 e. The highest BCUT2D eigenvalue weighted by atomic mass is 16.6. The SMILES string of the molecule is Cc1cc2c(cc1C(N)C1CCCN1)OCCO2. The molecule has 3 rings (SSSR count). The molecule has 2 unspecified atom stereocenters. The lowest BCUT2D eigenvalue weighted by Gasteiger charge is -2.25. The van der Waals surface area contributed by atoms with Gasteiger partial charge in [-0.2, -0.15) is 0 Å². The van der Waals surface area contributed by atoms with Crippen LogP contribution in [-0.2, 0) is 0 Å². The molecular weight excluding hydrogens is 228 g/mol. The monoisotopic (exact) mass is 248 g/mol. The molecule has 0 bridgehead atoms. The molecule has 0 aliphatic carbocycles. The van der Waals surface area contributed by atoms with E-state index < -0.39 is 0 Å². The van der Waals surface area contributed by atoms with E-state index in [9.17, 15) is 0 Å². The number of benzene rings is 1. The number of hydrogen-bond acceptors (Lipinski definition) is 4. The van der Waals surface area contributed by atoms with Crippen LogP contribution in [-0.4, -0.2) is 25.8 Å². The summed E-state index contributed by atoms with van der Waals surface area (Å²) in [6.45, 7) is 4.40. The Labute approximate surface area is 107 Å². The predicted octanol–water partition coefficient (Wildman–Crippen LogP) is 1.52. The Morgan fingerprint density at radius 2 is 2.00 bits per heavy atom. The Morgan fingerprint density at radius 3 is 2.67 bits per heavy atom. The molecule has 2 atom stereocenters. The maximum atomic E-state index is 6.38. The van der Waals surface area contributed by atoms with Crippen LogP contribution in [0.5, 0.6) is 11.5 Å². The standard InChI is InChI=1S/C14H20N2O2/c1-9-7-12-13(18-6-5-17-12)8-10(9)14(15)11-3-2-4-16-11/h7-8,11,14,16H,2-6,15H2,1H3. The van der Waals surface area contributed by atoms with Crippen LogP contribution in [0.2, 0.25) is 0 Å². The number of rotatable bonds is 2. The van der Waals surface area contributed by atoms with Gasteiger partial charge in [-0.05, 0) is 49.6 Å². The van der Waals surface area contributed by atoms with E-state index in [4.69, 9.17) is 15.2 Å². The molecule has 4 heteroatoms.